The van der Waals surface area contributed by atoms with E-state index in [9.17, 15) is 10.1 Å². The minimum Gasteiger partial charge on any atom is -0.463 e. The predicted molar refractivity (Wildman–Crippen MR) is 165 cm³/mol. The molecule has 218 valence electrons. The Labute approximate surface area is 248 Å². The summed E-state index contributed by atoms with van der Waals surface area (Å²) < 4.78 is 6.27. The lowest BCUT2D eigenvalue weighted by Gasteiger charge is -2.42. The van der Waals surface area contributed by atoms with Crippen LogP contribution < -0.4 is 14.5 Å². The van der Waals surface area contributed by atoms with E-state index in [-0.39, 0.29) is 18.4 Å². The van der Waals surface area contributed by atoms with Crippen molar-refractivity contribution < 1.29 is 9.53 Å². The van der Waals surface area contributed by atoms with Crippen molar-refractivity contribution in [2.75, 3.05) is 56.7 Å². The van der Waals surface area contributed by atoms with Crippen molar-refractivity contribution >= 4 is 28.2 Å². The van der Waals surface area contributed by atoms with E-state index >= 15 is 0 Å². The number of hydrogen-bond donors (Lipinski definition) is 0. The number of fused-ring (bicyclic) bond motifs is 2. The Hall–Kier alpha value is -4.16. The van der Waals surface area contributed by atoms with Crippen LogP contribution in [0.1, 0.15) is 29.7 Å². The Bertz CT molecular complexity index is 1540. The highest BCUT2D eigenvalue weighted by atomic mass is 16.5. The van der Waals surface area contributed by atoms with Crippen molar-refractivity contribution in [1.82, 2.24) is 19.8 Å². The van der Waals surface area contributed by atoms with E-state index in [0.717, 1.165) is 36.5 Å². The van der Waals surface area contributed by atoms with Crippen LogP contribution in [-0.4, -0.2) is 84.6 Å². The van der Waals surface area contributed by atoms with Crippen molar-refractivity contribution in [1.29, 1.82) is 5.26 Å². The normalized spacial score (nSPS) is 21.7. The first kappa shape index (κ1) is 28.0. The number of amides is 1. The third-order valence-corrected chi connectivity index (χ3v) is 9.00. The van der Waals surface area contributed by atoms with E-state index in [1.807, 2.05) is 0 Å². The maximum Gasteiger partial charge on any atom is 0.318 e. The summed E-state index contributed by atoms with van der Waals surface area (Å²) in [7, 11) is 4.21. The molecule has 3 aliphatic rings. The van der Waals surface area contributed by atoms with Gasteiger partial charge in [0.2, 0.25) is 5.91 Å². The Morgan fingerprint density at radius 3 is 2.71 bits per heavy atom. The number of carbonyl (C=O) groups excluding carboxylic acids is 1. The molecule has 0 unspecified atom stereocenters. The number of nitriles is 1. The van der Waals surface area contributed by atoms with E-state index in [0.29, 0.717) is 50.8 Å². The monoisotopic (exact) mass is 565 g/mol. The average Bonchev–Trinajstić information content (AvgIpc) is 3.79. The van der Waals surface area contributed by atoms with Crippen LogP contribution in [0.3, 0.4) is 0 Å². The summed E-state index contributed by atoms with van der Waals surface area (Å²) >= 11 is 0. The molecule has 0 N–H and O–H groups in total. The van der Waals surface area contributed by atoms with Gasteiger partial charge in [-0.3, -0.25) is 4.79 Å². The van der Waals surface area contributed by atoms with Gasteiger partial charge >= 0.3 is 6.01 Å². The highest BCUT2D eigenvalue weighted by Gasteiger charge is 2.40. The molecule has 1 saturated heterocycles. The molecule has 3 heterocycles. The van der Waals surface area contributed by atoms with Crippen LogP contribution >= 0.6 is 0 Å². The van der Waals surface area contributed by atoms with E-state index in [1.54, 1.807) is 4.90 Å². The van der Waals surface area contributed by atoms with Gasteiger partial charge in [0.15, 0.2) is 0 Å². The minimum atomic E-state index is -0.227. The first-order valence-electron chi connectivity index (χ1n) is 14.8. The lowest BCUT2D eigenvalue weighted by Crippen LogP contribution is -2.55. The fourth-order valence-corrected chi connectivity index (χ4v) is 6.65. The SMILES string of the molecule is C=CC(=O)N1CCN(c2nc(OC[C@H]3C[C@@H]3N(C)C)nc3c2CCN(c2cccc4cccc(C)c24)C3)C[C@@H]1CC#N. The summed E-state index contributed by atoms with van der Waals surface area (Å²) in [5.41, 5.74) is 4.59. The molecule has 3 atom stereocenters. The molecule has 1 aliphatic carbocycles. The van der Waals surface area contributed by atoms with Crippen molar-refractivity contribution in [2.24, 2.45) is 5.92 Å². The Balaban J connectivity index is 1.33. The van der Waals surface area contributed by atoms with Crippen LogP contribution in [0.2, 0.25) is 0 Å². The highest BCUT2D eigenvalue weighted by molar-refractivity contribution is 5.97. The van der Waals surface area contributed by atoms with Crippen molar-refractivity contribution in [2.45, 2.75) is 44.8 Å². The summed E-state index contributed by atoms with van der Waals surface area (Å²) in [6.45, 7) is 9.60. The third kappa shape index (κ3) is 5.39. The van der Waals surface area contributed by atoms with Gasteiger partial charge < -0.3 is 24.3 Å². The second kappa shape index (κ2) is 11.6. The van der Waals surface area contributed by atoms with Crippen LogP contribution in [0.25, 0.3) is 10.8 Å². The molecule has 1 amide bonds. The van der Waals surface area contributed by atoms with Gasteiger partial charge in [-0.2, -0.15) is 15.2 Å². The zero-order valence-corrected chi connectivity index (χ0v) is 24.8. The first-order valence-corrected chi connectivity index (χ1v) is 14.8. The number of ether oxygens (including phenoxy) is 1. The van der Waals surface area contributed by atoms with Gasteiger partial charge in [-0.05, 0) is 57.0 Å². The largest absolute Gasteiger partial charge is 0.463 e. The number of hydrogen-bond acceptors (Lipinski definition) is 8. The van der Waals surface area contributed by atoms with E-state index in [1.165, 1.54) is 28.1 Å². The number of rotatable bonds is 8. The number of piperazine rings is 1. The second-order valence-corrected chi connectivity index (χ2v) is 11.9. The fourth-order valence-electron chi connectivity index (χ4n) is 6.65. The molecule has 9 nitrogen and oxygen atoms in total. The molecule has 2 fully saturated rings. The number of benzene rings is 2. The summed E-state index contributed by atoms with van der Waals surface area (Å²) in [6, 6.07) is 15.9. The Morgan fingerprint density at radius 2 is 1.98 bits per heavy atom. The van der Waals surface area contributed by atoms with E-state index in [4.69, 9.17) is 14.7 Å². The zero-order valence-electron chi connectivity index (χ0n) is 24.8. The molecule has 0 radical (unpaired) electrons. The van der Waals surface area contributed by atoms with Crippen molar-refractivity contribution in [3.8, 4) is 12.1 Å². The topological polar surface area (TPSA) is 88.8 Å². The third-order valence-electron chi connectivity index (χ3n) is 9.00. The minimum absolute atomic E-state index is 0.135. The van der Waals surface area contributed by atoms with Gasteiger partial charge in [0.05, 0.1) is 37.4 Å². The first-order chi connectivity index (χ1) is 20.4. The molecular weight excluding hydrogens is 526 g/mol. The van der Waals surface area contributed by atoms with Crippen molar-refractivity contribution in [3.63, 3.8) is 0 Å². The van der Waals surface area contributed by atoms with Gasteiger partial charge in [-0.1, -0.05) is 36.9 Å². The highest BCUT2D eigenvalue weighted by Crippen LogP contribution is 2.37. The molecule has 9 heteroatoms. The molecule has 2 aromatic carbocycles. The molecule has 3 aromatic rings. The maximum absolute atomic E-state index is 12.5. The maximum atomic E-state index is 12.5. The number of aryl methyl sites for hydroxylation is 1. The molecule has 0 bridgehead atoms. The van der Waals surface area contributed by atoms with E-state index in [2.05, 4.69) is 84.8 Å². The molecule has 1 saturated carbocycles. The number of anilines is 2. The van der Waals surface area contributed by atoms with Gasteiger partial charge in [0.1, 0.15) is 5.82 Å². The van der Waals surface area contributed by atoms with Gasteiger partial charge in [-0.15, -0.1) is 0 Å². The molecule has 1 aromatic heterocycles. The number of aromatic nitrogens is 2. The molecule has 2 aliphatic heterocycles. The zero-order chi connectivity index (χ0) is 29.4. The van der Waals surface area contributed by atoms with Gasteiger partial charge in [-0.25, -0.2) is 0 Å². The van der Waals surface area contributed by atoms with Crippen LogP contribution in [0.4, 0.5) is 11.5 Å². The smallest absolute Gasteiger partial charge is 0.318 e. The molecule has 6 rings (SSSR count). The summed E-state index contributed by atoms with van der Waals surface area (Å²) in [5.74, 6) is 1.22. The lowest BCUT2D eigenvalue weighted by atomic mass is 9.99. The van der Waals surface area contributed by atoms with Crippen LogP contribution in [0.15, 0.2) is 49.1 Å². The van der Waals surface area contributed by atoms with Crippen LogP contribution in [0.5, 0.6) is 6.01 Å². The summed E-state index contributed by atoms with van der Waals surface area (Å²) in [6.07, 6.45) is 3.51. The summed E-state index contributed by atoms with van der Waals surface area (Å²) in [4.78, 5) is 31.1. The van der Waals surface area contributed by atoms with Crippen LogP contribution in [0, 0.1) is 24.2 Å². The van der Waals surface area contributed by atoms with Gasteiger partial charge in [0, 0.05) is 54.8 Å². The predicted octanol–water partition coefficient (Wildman–Crippen LogP) is 3.95. The standard InChI is InChI=1S/C33H39N7O2/c1-5-30(41)40-17-16-39(19-25(40)12-14-34)32-26-13-15-38(28-11-7-10-23-9-6-8-22(2)31(23)28)20-27(26)35-33(36-32)42-21-24-18-29(24)37(3)4/h5-11,24-25,29H,1,12-13,15-21H2,2-4H3/t24-,25+,29+/m1/s1. The quantitative estimate of drug-likeness (QED) is 0.380. The molecular formula is C33H39N7O2. The Morgan fingerprint density at radius 1 is 1.17 bits per heavy atom. The van der Waals surface area contributed by atoms with E-state index < -0.39 is 0 Å². The Kier molecular flexibility index (Phi) is 7.74. The number of nitrogens with zero attached hydrogens (tertiary/aromatic N) is 7. The van der Waals surface area contributed by atoms with Crippen LogP contribution in [-0.2, 0) is 17.8 Å². The lowest BCUT2D eigenvalue weighted by molar-refractivity contribution is -0.128. The summed E-state index contributed by atoms with van der Waals surface area (Å²) in [5, 5.41) is 12.0. The second-order valence-electron chi connectivity index (χ2n) is 11.9. The van der Waals surface area contributed by atoms with Crippen molar-refractivity contribution in [3.05, 3.63) is 65.9 Å². The fraction of sp³-hybridized carbons (Fsp3) is 0.455. The van der Waals surface area contributed by atoms with Gasteiger partial charge in [0.25, 0.3) is 0 Å². The average molecular weight is 566 g/mol. The number of carbonyl (C=O) groups is 1. The molecule has 42 heavy (non-hydrogen) atoms. The molecule has 0 spiro atoms.